The van der Waals surface area contributed by atoms with Gasteiger partial charge < -0.3 is 15.3 Å². The zero-order valence-corrected chi connectivity index (χ0v) is 14.0. The SMILES string of the molecule is Cc1cc2c(C)c[nH]c2cc1NC(=O)c1c[nH]c2sccc2c1=O. The van der Waals surface area contributed by atoms with Crippen LogP contribution >= 0.6 is 11.3 Å². The van der Waals surface area contributed by atoms with Gasteiger partial charge in [0.1, 0.15) is 10.4 Å². The van der Waals surface area contributed by atoms with Gasteiger partial charge in [-0.15, -0.1) is 11.3 Å². The molecule has 5 nitrogen and oxygen atoms in total. The molecule has 0 fully saturated rings. The summed E-state index contributed by atoms with van der Waals surface area (Å²) < 4.78 is 0. The fourth-order valence-electron chi connectivity index (χ4n) is 2.86. The van der Waals surface area contributed by atoms with Crippen LogP contribution in [0.15, 0.2) is 40.8 Å². The van der Waals surface area contributed by atoms with Crippen LogP contribution in [0, 0.1) is 13.8 Å². The van der Waals surface area contributed by atoms with Crippen molar-refractivity contribution in [1.82, 2.24) is 9.97 Å². The standard InChI is InChI=1S/C18H15N3O2S/c1-9-5-12-10(2)7-19-15(12)6-14(9)21-17(23)13-8-20-18-11(16(13)22)3-4-24-18/h3-8,19H,1-2H3,(H,20,22)(H,21,23). The van der Waals surface area contributed by atoms with Crippen molar-refractivity contribution in [2.45, 2.75) is 13.8 Å². The molecule has 0 aliphatic rings. The van der Waals surface area contributed by atoms with Crippen molar-refractivity contribution in [3.8, 4) is 0 Å². The van der Waals surface area contributed by atoms with Gasteiger partial charge in [0, 0.05) is 29.0 Å². The van der Waals surface area contributed by atoms with E-state index in [1.165, 1.54) is 17.5 Å². The lowest BCUT2D eigenvalue weighted by molar-refractivity contribution is 0.102. The molecule has 120 valence electrons. The Bertz CT molecular complexity index is 1150. The normalized spacial score (nSPS) is 11.2. The second-order valence-corrected chi connectivity index (χ2v) is 6.75. The molecule has 4 aromatic rings. The molecule has 0 bridgehead atoms. The summed E-state index contributed by atoms with van der Waals surface area (Å²) in [4.78, 5) is 32.0. The number of pyridine rings is 1. The molecule has 24 heavy (non-hydrogen) atoms. The van der Waals surface area contributed by atoms with E-state index in [9.17, 15) is 9.59 Å². The molecule has 0 saturated carbocycles. The minimum Gasteiger partial charge on any atom is -0.361 e. The van der Waals surface area contributed by atoms with Crippen LogP contribution in [-0.4, -0.2) is 15.9 Å². The summed E-state index contributed by atoms with van der Waals surface area (Å²) in [7, 11) is 0. The van der Waals surface area contributed by atoms with Crippen LogP contribution in [0.5, 0.6) is 0 Å². The van der Waals surface area contributed by atoms with Crippen LogP contribution in [0.3, 0.4) is 0 Å². The maximum atomic E-state index is 12.6. The third-order valence-corrected chi connectivity index (χ3v) is 5.07. The summed E-state index contributed by atoms with van der Waals surface area (Å²) >= 11 is 1.44. The van der Waals surface area contributed by atoms with Crippen molar-refractivity contribution in [3.05, 3.63) is 62.9 Å². The van der Waals surface area contributed by atoms with Crippen LogP contribution in [0.4, 0.5) is 5.69 Å². The number of thiophene rings is 1. The average Bonchev–Trinajstić information content (AvgIpc) is 3.16. The quantitative estimate of drug-likeness (QED) is 0.518. The van der Waals surface area contributed by atoms with Crippen molar-refractivity contribution >= 4 is 44.1 Å². The van der Waals surface area contributed by atoms with Gasteiger partial charge in [0.15, 0.2) is 0 Å². The molecule has 0 spiro atoms. The first kappa shape index (κ1) is 14.7. The number of fused-ring (bicyclic) bond motifs is 2. The monoisotopic (exact) mass is 337 g/mol. The summed E-state index contributed by atoms with van der Waals surface area (Å²) in [6, 6.07) is 5.66. The van der Waals surface area contributed by atoms with Crippen molar-refractivity contribution < 1.29 is 4.79 Å². The van der Waals surface area contributed by atoms with E-state index in [0.29, 0.717) is 11.1 Å². The minimum atomic E-state index is -0.407. The van der Waals surface area contributed by atoms with Gasteiger partial charge in [-0.2, -0.15) is 0 Å². The lowest BCUT2D eigenvalue weighted by Gasteiger charge is -2.09. The Kier molecular flexibility index (Phi) is 3.28. The van der Waals surface area contributed by atoms with Gasteiger partial charge in [-0.3, -0.25) is 9.59 Å². The van der Waals surface area contributed by atoms with Gasteiger partial charge in [-0.25, -0.2) is 0 Å². The third kappa shape index (κ3) is 2.23. The number of carbonyl (C=O) groups is 1. The number of nitrogens with one attached hydrogen (secondary N) is 3. The van der Waals surface area contributed by atoms with E-state index in [2.05, 4.69) is 15.3 Å². The Labute approximate surface area is 141 Å². The minimum absolute atomic E-state index is 0.114. The Balaban J connectivity index is 1.74. The highest BCUT2D eigenvalue weighted by Gasteiger charge is 2.15. The molecular formula is C18H15N3O2S. The smallest absolute Gasteiger partial charge is 0.261 e. The van der Waals surface area contributed by atoms with E-state index in [1.54, 1.807) is 6.07 Å². The molecule has 0 radical (unpaired) electrons. The first-order valence-corrected chi connectivity index (χ1v) is 8.41. The maximum Gasteiger partial charge on any atom is 0.261 e. The zero-order valence-electron chi connectivity index (χ0n) is 13.2. The molecule has 3 heterocycles. The van der Waals surface area contributed by atoms with Crippen molar-refractivity contribution in [3.63, 3.8) is 0 Å². The number of hydrogen-bond acceptors (Lipinski definition) is 3. The number of hydrogen-bond donors (Lipinski definition) is 3. The number of aromatic amines is 2. The zero-order chi connectivity index (χ0) is 16.8. The fraction of sp³-hybridized carbons (Fsp3) is 0.111. The second kappa shape index (κ2) is 5.35. The molecule has 0 atom stereocenters. The molecule has 6 heteroatoms. The summed E-state index contributed by atoms with van der Waals surface area (Å²) in [5.74, 6) is -0.407. The van der Waals surface area contributed by atoms with Gasteiger partial charge in [0.2, 0.25) is 5.43 Å². The molecule has 1 aromatic carbocycles. The highest BCUT2D eigenvalue weighted by Crippen LogP contribution is 2.25. The molecule has 0 unspecified atom stereocenters. The second-order valence-electron chi connectivity index (χ2n) is 5.83. The Hall–Kier alpha value is -2.86. The van der Waals surface area contributed by atoms with E-state index < -0.39 is 5.91 Å². The van der Waals surface area contributed by atoms with Gasteiger partial charge >= 0.3 is 0 Å². The number of aryl methyl sites for hydroxylation is 2. The summed E-state index contributed by atoms with van der Waals surface area (Å²) in [6.45, 7) is 3.97. The van der Waals surface area contributed by atoms with Crippen molar-refractivity contribution in [1.29, 1.82) is 0 Å². The van der Waals surface area contributed by atoms with E-state index in [0.717, 1.165) is 26.9 Å². The molecule has 1 amide bonds. The molecular weight excluding hydrogens is 322 g/mol. The number of carbonyl (C=O) groups excluding carboxylic acids is 1. The van der Waals surface area contributed by atoms with Gasteiger partial charge in [0.25, 0.3) is 5.91 Å². The largest absolute Gasteiger partial charge is 0.361 e. The number of anilines is 1. The summed E-state index contributed by atoms with van der Waals surface area (Å²) in [5.41, 5.74) is 3.62. The van der Waals surface area contributed by atoms with Crippen molar-refractivity contribution in [2.24, 2.45) is 0 Å². The highest BCUT2D eigenvalue weighted by atomic mass is 32.1. The maximum absolute atomic E-state index is 12.6. The molecule has 0 saturated heterocycles. The lowest BCUT2D eigenvalue weighted by Crippen LogP contribution is -2.21. The van der Waals surface area contributed by atoms with Gasteiger partial charge in [0.05, 0.1) is 5.39 Å². The summed E-state index contributed by atoms with van der Waals surface area (Å²) in [5, 5.41) is 6.35. The van der Waals surface area contributed by atoms with Gasteiger partial charge in [-0.05, 0) is 48.6 Å². The molecule has 4 rings (SSSR count). The predicted octanol–water partition coefficient (Wildman–Crippen LogP) is 3.94. The van der Waals surface area contributed by atoms with Gasteiger partial charge in [-0.1, -0.05) is 0 Å². The molecule has 0 aliphatic carbocycles. The molecule has 0 aliphatic heterocycles. The Morgan fingerprint density at radius 1 is 1.08 bits per heavy atom. The summed E-state index contributed by atoms with van der Waals surface area (Å²) in [6.07, 6.45) is 3.41. The van der Waals surface area contributed by atoms with E-state index >= 15 is 0 Å². The number of rotatable bonds is 2. The van der Waals surface area contributed by atoms with Crippen LogP contribution in [-0.2, 0) is 0 Å². The Morgan fingerprint density at radius 2 is 1.92 bits per heavy atom. The number of H-pyrrole nitrogens is 2. The molecule has 3 N–H and O–H groups in total. The van der Waals surface area contributed by atoms with E-state index in [1.807, 2.05) is 37.6 Å². The first-order chi connectivity index (χ1) is 11.5. The van der Waals surface area contributed by atoms with Crippen LogP contribution < -0.4 is 10.7 Å². The van der Waals surface area contributed by atoms with E-state index in [-0.39, 0.29) is 11.0 Å². The van der Waals surface area contributed by atoms with Crippen LogP contribution in [0.25, 0.3) is 21.1 Å². The first-order valence-electron chi connectivity index (χ1n) is 7.53. The average molecular weight is 337 g/mol. The van der Waals surface area contributed by atoms with Crippen molar-refractivity contribution in [2.75, 3.05) is 5.32 Å². The van der Waals surface area contributed by atoms with E-state index in [4.69, 9.17) is 0 Å². The third-order valence-electron chi connectivity index (χ3n) is 4.23. The van der Waals surface area contributed by atoms with Crippen LogP contribution in [0.2, 0.25) is 0 Å². The topological polar surface area (TPSA) is 77.8 Å². The Morgan fingerprint density at radius 3 is 2.75 bits per heavy atom. The number of amides is 1. The molecule has 3 aromatic heterocycles. The predicted molar refractivity (Wildman–Crippen MR) is 98.2 cm³/mol. The van der Waals surface area contributed by atoms with Crippen LogP contribution in [0.1, 0.15) is 21.5 Å². The number of aromatic nitrogens is 2. The fourth-order valence-corrected chi connectivity index (χ4v) is 3.61. The highest BCUT2D eigenvalue weighted by molar-refractivity contribution is 7.16. The lowest BCUT2D eigenvalue weighted by atomic mass is 10.1. The number of benzene rings is 1.